The Morgan fingerprint density at radius 3 is 2.68 bits per heavy atom. The summed E-state index contributed by atoms with van der Waals surface area (Å²) in [5.41, 5.74) is 0.570. The standard InChI is InChI=1S/C11H7Cl2N3O3/c12-10-2-1-7(4-14-10)6-19-9-3-8(16(17)18)5-15-11(9)13/h1-5H,6H2. The summed E-state index contributed by atoms with van der Waals surface area (Å²) in [5.74, 6) is 0.144. The van der Waals surface area contributed by atoms with Crippen LogP contribution in [-0.4, -0.2) is 14.9 Å². The second kappa shape index (κ2) is 5.81. The van der Waals surface area contributed by atoms with E-state index in [1.54, 1.807) is 18.3 Å². The van der Waals surface area contributed by atoms with Crippen molar-refractivity contribution >= 4 is 28.9 Å². The van der Waals surface area contributed by atoms with Crippen LogP contribution in [0.3, 0.4) is 0 Å². The molecular formula is C11H7Cl2N3O3. The predicted molar refractivity (Wildman–Crippen MR) is 69.5 cm³/mol. The summed E-state index contributed by atoms with van der Waals surface area (Å²) in [6.45, 7) is 0.159. The van der Waals surface area contributed by atoms with Gasteiger partial charge < -0.3 is 4.74 Å². The van der Waals surface area contributed by atoms with Gasteiger partial charge in [-0.15, -0.1) is 0 Å². The molecule has 0 aliphatic heterocycles. The van der Waals surface area contributed by atoms with Gasteiger partial charge in [-0.3, -0.25) is 10.1 Å². The molecule has 0 bridgehead atoms. The lowest BCUT2D eigenvalue weighted by atomic mass is 10.3. The average Bonchev–Trinajstić information content (AvgIpc) is 2.39. The predicted octanol–water partition coefficient (Wildman–Crippen LogP) is 3.27. The molecule has 2 heterocycles. The normalized spacial score (nSPS) is 10.2. The lowest BCUT2D eigenvalue weighted by Crippen LogP contribution is -1.98. The van der Waals surface area contributed by atoms with Crippen LogP contribution in [0.1, 0.15) is 5.56 Å². The van der Waals surface area contributed by atoms with Gasteiger partial charge in [0.15, 0.2) is 10.9 Å². The van der Waals surface area contributed by atoms with Crippen molar-refractivity contribution in [2.45, 2.75) is 6.61 Å². The number of pyridine rings is 2. The van der Waals surface area contributed by atoms with Crippen molar-refractivity contribution in [1.82, 2.24) is 9.97 Å². The Kier molecular flexibility index (Phi) is 4.13. The van der Waals surface area contributed by atoms with Gasteiger partial charge in [-0.2, -0.15) is 0 Å². The summed E-state index contributed by atoms with van der Waals surface area (Å²) in [4.78, 5) is 17.6. The van der Waals surface area contributed by atoms with Crippen LogP contribution in [0.15, 0.2) is 30.6 Å². The Morgan fingerprint density at radius 1 is 1.26 bits per heavy atom. The first kappa shape index (κ1) is 13.5. The van der Waals surface area contributed by atoms with E-state index in [0.29, 0.717) is 5.15 Å². The van der Waals surface area contributed by atoms with Gasteiger partial charge in [0.25, 0.3) is 5.69 Å². The maximum Gasteiger partial charge on any atom is 0.291 e. The van der Waals surface area contributed by atoms with Crippen LogP contribution in [0.2, 0.25) is 10.3 Å². The number of hydrogen-bond donors (Lipinski definition) is 0. The summed E-state index contributed by atoms with van der Waals surface area (Å²) in [6.07, 6.45) is 2.61. The minimum atomic E-state index is -0.569. The lowest BCUT2D eigenvalue weighted by Gasteiger charge is -2.07. The molecular weight excluding hydrogens is 293 g/mol. The average molecular weight is 300 g/mol. The number of halogens is 2. The first-order valence-electron chi connectivity index (χ1n) is 5.09. The van der Waals surface area contributed by atoms with Crippen molar-refractivity contribution in [3.63, 3.8) is 0 Å². The molecule has 0 fully saturated rings. The molecule has 0 aliphatic carbocycles. The molecule has 0 unspecified atom stereocenters. The smallest absolute Gasteiger partial charge is 0.291 e. The van der Waals surface area contributed by atoms with Crippen molar-refractivity contribution in [3.8, 4) is 5.75 Å². The molecule has 0 aromatic carbocycles. The van der Waals surface area contributed by atoms with Gasteiger partial charge in [0.1, 0.15) is 18.0 Å². The molecule has 2 aromatic heterocycles. The number of ether oxygens (including phenoxy) is 1. The highest BCUT2D eigenvalue weighted by Crippen LogP contribution is 2.27. The van der Waals surface area contributed by atoms with E-state index in [1.807, 2.05) is 0 Å². The Bertz CT molecular complexity index is 605. The number of hydrogen-bond acceptors (Lipinski definition) is 5. The molecule has 0 spiro atoms. The maximum absolute atomic E-state index is 10.6. The van der Waals surface area contributed by atoms with Crippen molar-refractivity contribution < 1.29 is 9.66 Å². The monoisotopic (exact) mass is 299 g/mol. The van der Waals surface area contributed by atoms with E-state index in [4.69, 9.17) is 27.9 Å². The first-order chi connectivity index (χ1) is 9.06. The Balaban J connectivity index is 2.12. The van der Waals surface area contributed by atoms with E-state index in [9.17, 15) is 10.1 Å². The van der Waals surface area contributed by atoms with Crippen molar-refractivity contribution in [2.75, 3.05) is 0 Å². The number of nitro groups is 1. The van der Waals surface area contributed by atoms with Gasteiger partial charge in [-0.1, -0.05) is 29.3 Å². The SMILES string of the molecule is O=[N+]([O-])c1cnc(Cl)c(OCc2ccc(Cl)nc2)c1. The molecule has 19 heavy (non-hydrogen) atoms. The van der Waals surface area contributed by atoms with Crippen molar-refractivity contribution in [2.24, 2.45) is 0 Å². The van der Waals surface area contributed by atoms with Gasteiger partial charge in [0, 0.05) is 11.8 Å². The lowest BCUT2D eigenvalue weighted by molar-refractivity contribution is -0.385. The second-order valence-electron chi connectivity index (χ2n) is 3.52. The summed E-state index contributed by atoms with van der Waals surface area (Å²) in [5, 5.41) is 11.1. The van der Waals surface area contributed by atoms with Crippen LogP contribution in [0.5, 0.6) is 5.75 Å². The zero-order valence-electron chi connectivity index (χ0n) is 9.42. The van der Waals surface area contributed by atoms with Crippen LogP contribution in [0, 0.1) is 10.1 Å². The number of aromatic nitrogens is 2. The molecule has 0 saturated carbocycles. The first-order valence-corrected chi connectivity index (χ1v) is 5.85. The molecule has 0 saturated heterocycles. The van der Waals surface area contributed by atoms with Gasteiger partial charge in [0.2, 0.25) is 0 Å². The molecule has 0 radical (unpaired) electrons. The molecule has 2 aromatic rings. The van der Waals surface area contributed by atoms with E-state index in [2.05, 4.69) is 9.97 Å². The van der Waals surface area contributed by atoms with E-state index in [0.717, 1.165) is 11.8 Å². The molecule has 0 amide bonds. The molecule has 0 N–H and O–H groups in total. The minimum absolute atomic E-state index is 0.0625. The van der Waals surface area contributed by atoms with Crippen molar-refractivity contribution in [3.05, 3.63) is 56.6 Å². The van der Waals surface area contributed by atoms with E-state index in [1.165, 1.54) is 6.07 Å². The highest BCUT2D eigenvalue weighted by Gasteiger charge is 2.12. The van der Waals surface area contributed by atoms with Gasteiger partial charge >= 0.3 is 0 Å². The van der Waals surface area contributed by atoms with Crippen LogP contribution >= 0.6 is 23.2 Å². The fourth-order valence-electron chi connectivity index (χ4n) is 1.27. The molecule has 98 valence electrons. The number of nitrogens with zero attached hydrogens (tertiary/aromatic N) is 3. The highest BCUT2D eigenvalue weighted by molar-refractivity contribution is 6.30. The number of rotatable bonds is 4. The third-order valence-corrected chi connectivity index (χ3v) is 2.69. The van der Waals surface area contributed by atoms with Crippen LogP contribution in [0.25, 0.3) is 0 Å². The largest absolute Gasteiger partial charge is 0.485 e. The Morgan fingerprint density at radius 2 is 2.05 bits per heavy atom. The highest BCUT2D eigenvalue weighted by atomic mass is 35.5. The summed E-state index contributed by atoms with van der Waals surface area (Å²) in [6, 6.07) is 4.57. The quantitative estimate of drug-likeness (QED) is 0.492. The zero-order valence-corrected chi connectivity index (χ0v) is 10.9. The zero-order chi connectivity index (χ0) is 13.8. The molecule has 0 aliphatic rings. The maximum atomic E-state index is 10.6. The van der Waals surface area contributed by atoms with Gasteiger partial charge in [-0.05, 0) is 6.07 Å². The second-order valence-corrected chi connectivity index (χ2v) is 4.26. The summed E-state index contributed by atoms with van der Waals surface area (Å²) >= 11 is 11.4. The van der Waals surface area contributed by atoms with Crippen molar-refractivity contribution in [1.29, 1.82) is 0 Å². The minimum Gasteiger partial charge on any atom is -0.485 e. The Hall–Kier alpha value is -1.92. The van der Waals surface area contributed by atoms with Crippen LogP contribution in [-0.2, 0) is 6.61 Å². The topological polar surface area (TPSA) is 78.2 Å². The van der Waals surface area contributed by atoms with E-state index < -0.39 is 4.92 Å². The van der Waals surface area contributed by atoms with Crippen LogP contribution in [0.4, 0.5) is 5.69 Å². The fraction of sp³-hybridized carbons (Fsp3) is 0.0909. The summed E-state index contributed by atoms with van der Waals surface area (Å²) < 4.78 is 5.37. The van der Waals surface area contributed by atoms with E-state index in [-0.39, 0.29) is 23.2 Å². The van der Waals surface area contributed by atoms with Crippen LogP contribution < -0.4 is 4.74 Å². The molecule has 0 atom stereocenters. The van der Waals surface area contributed by atoms with Gasteiger partial charge in [-0.25, -0.2) is 9.97 Å². The Labute approximate surface area is 118 Å². The summed E-state index contributed by atoms with van der Waals surface area (Å²) in [7, 11) is 0. The molecule has 2 rings (SSSR count). The third-order valence-electron chi connectivity index (χ3n) is 2.19. The van der Waals surface area contributed by atoms with Gasteiger partial charge in [0.05, 0.1) is 11.0 Å². The third kappa shape index (κ3) is 3.52. The van der Waals surface area contributed by atoms with E-state index >= 15 is 0 Å². The molecule has 8 heteroatoms. The molecule has 6 nitrogen and oxygen atoms in total. The fourth-order valence-corrected chi connectivity index (χ4v) is 1.54.